The molecule has 1 saturated heterocycles. The third kappa shape index (κ3) is 6.05. The summed E-state index contributed by atoms with van der Waals surface area (Å²) in [5.41, 5.74) is 0. The molecule has 0 saturated carbocycles. The molecule has 1 rings (SSSR count). The van der Waals surface area contributed by atoms with Gasteiger partial charge in [0.15, 0.2) is 0 Å². The second-order valence-electron chi connectivity index (χ2n) is 3.95. The van der Waals surface area contributed by atoms with Crippen LogP contribution in [0.1, 0.15) is 12.8 Å². The molecule has 0 unspecified atom stereocenters. The first-order chi connectivity index (χ1) is 7.83. The number of nitrogens with zero attached hydrogens (tertiary/aromatic N) is 1. The molecule has 16 heavy (non-hydrogen) atoms. The Morgan fingerprint density at radius 2 is 2.19 bits per heavy atom. The third-order valence-corrected chi connectivity index (χ3v) is 2.54. The first-order valence-electron chi connectivity index (χ1n) is 5.90. The molecule has 0 aromatic rings. The van der Waals surface area contributed by atoms with E-state index in [-0.39, 0.29) is 5.97 Å². The molecular formula is C11H22N2O3. The number of rotatable bonds is 6. The lowest BCUT2D eigenvalue weighted by molar-refractivity contribution is -0.145. The Morgan fingerprint density at radius 1 is 1.31 bits per heavy atom. The number of carbonyl (C=O) groups excluding carboxylic acids is 1. The molecular weight excluding hydrogens is 208 g/mol. The van der Waals surface area contributed by atoms with E-state index in [2.05, 4.69) is 10.2 Å². The van der Waals surface area contributed by atoms with Gasteiger partial charge in [0.05, 0.1) is 13.2 Å². The lowest BCUT2D eigenvalue weighted by Gasteiger charge is -2.17. The first-order valence-corrected chi connectivity index (χ1v) is 5.90. The zero-order valence-electron chi connectivity index (χ0n) is 10.0. The van der Waals surface area contributed by atoms with Gasteiger partial charge >= 0.3 is 5.97 Å². The van der Waals surface area contributed by atoms with Crippen LogP contribution in [0.2, 0.25) is 0 Å². The van der Waals surface area contributed by atoms with Crippen LogP contribution in [0.4, 0.5) is 0 Å². The fourth-order valence-corrected chi connectivity index (χ4v) is 1.68. The van der Waals surface area contributed by atoms with Gasteiger partial charge in [-0.05, 0) is 19.5 Å². The van der Waals surface area contributed by atoms with Gasteiger partial charge in [0.2, 0.25) is 0 Å². The number of ether oxygens (including phenoxy) is 2. The Morgan fingerprint density at radius 3 is 3.00 bits per heavy atom. The van der Waals surface area contributed by atoms with E-state index in [1.807, 2.05) is 0 Å². The summed E-state index contributed by atoms with van der Waals surface area (Å²) in [6.45, 7) is 5.40. The summed E-state index contributed by atoms with van der Waals surface area (Å²) in [5, 5.41) is 3.30. The van der Waals surface area contributed by atoms with Crippen molar-refractivity contribution in [3.05, 3.63) is 0 Å². The average Bonchev–Trinajstić information content (AvgIpc) is 2.53. The van der Waals surface area contributed by atoms with Crippen LogP contribution in [0, 0.1) is 0 Å². The average molecular weight is 230 g/mol. The minimum absolute atomic E-state index is 0.127. The number of methoxy groups -OCH3 is 1. The van der Waals surface area contributed by atoms with Crippen LogP contribution in [0.25, 0.3) is 0 Å². The maximum atomic E-state index is 11.5. The summed E-state index contributed by atoms with van der Waals surface area (Å²) in [6.07, 6.45) is 1.86. The predicted molar refractivity (Wildman–Crippen MR) is 61.4 cm³/mol. The highest BCUT2D eigenvalue weighted by Crippen LogP contribution is 1.96. The SMILES string of the molecule is COCCCOC(=O)CN1CCCNCC1. The molecule has 0 amide bonds. The lowest BCUT2D eigenvalue weighted by Crippen LogP contribution is -2.34. The third-order valence-electron chi connectivity index (χ3n) is 2.54. The normalized spacial score (nSPS) is 18.1. The summed E-state index contributed by atoms with van der Waals surface area (Å²) in [6, 6.07) is 0. The van der Waals surface area contributed by atoms with Gasteiger partial charge in [0, 0.05) is 33.2 Å². The number of hydrogen-bond donors (Lipinski definition) is 1. The van der Waals surface area contributed by atoms with Gasteiger partial charge in [-0.3, -0.25) is 9.69 Å². The molecule has 0 bridgehead atoms. The maximum Gasteiger partial charge on any atom is 0.320 e. The molecule has 0 spiro atoms. The highest BCUT2D eigenvalue weighted by Gasteiger charge is 2.13. The highest BCUT2D eigenvalue weighted by molar-refractivity contribution is 5.71. The van der Waals surface area contributed by atoms with E-state index in [1.54, 1.807) is 7.11 Å². The van der Waals surface area contributed by atoms with Crippen molar-refractivity contribution in [2.75, 3.05) is 53.0 Å². The topological polar surface area (TPSA) is 50.8 Å². The lowest BCUT2D eigenvalue weighted by atomic mass is 10.4. The molecule has 1 N–H and O–H groups in total. The van der Waals surface area contributed by atoms with Crippen LogP contribution in [-0.4, -0.2) is 63.9 Å². The number of carbonyl (C=O) groups is 1. The molecule has 5 nitrogen and oxygen atoms in total. The van der Waals surface area contributed by atoms with Gasteiger partial charge in [0.25, 0.3) is 0 Å². The first kappa shape index (κ1) is 13.4. The van der Waals surface area contributed by atoms with Gasteiger partial charge in [-0.2, -0.15) is 0 Å². The smallest absolute Gasteiger partial charge is 0.320 e. The van der Waals surface area contributed by atoms with E-state index < -0.39 is 0 Å². The van der Waals surface area contributed by atoms with Gasteiger partial charge < -0.3 is 14.8 Å². The number of hydrogen-bond acceptors (Lipinski definition) is 5. The zero-order valence-corrected chi connectivity index (χ0v) is 10.0. The quantitative estimate of drug-likeness (QED) is 0.508. The van der Waals surface area contributed by atoms with Crippen LogP contribution in [-0.2, 0) is 14.3 Å². The summed E-state index contributed by atoms with van der Waals surface area (Å²) in [5.74, 6) is -0.127. The molecule has 1 aliphatic rings. The summed E-state index contributed by atoms with van der Waals surface area (Å²) in [7, 11) is 1.64. The fourth-order valence-electron chi connectivity index (χ4n) is 1.68. The van der Waals surface area contributed by atoms with Gasteiger partial charge in [-0.25, -0.2) is 0 Å². The Labute approximate surface area is 97.1 Å². The van der Waals surface area contributed by atoms with Crippen molar-refractivity contribution in [3.63, 3.8) is 0 Å². The van der Waals surface area contributed by atoms with Crippen LogP contribution >= 0.6 is 0 Å². The van der Waals surface area contributed by atoms with E-state index in [0.717, 1.165) is 39.0 Å². The monoisotopic (exact) mass is 230 g/mol. The van der Waals surface area contributed by atoms with Gasteiger partial charge in [0.1, 0.15) is 0 Å². The summed E-state index contributed by atoms with van der Waals surface area (Å²) >= 11 is 0. The molecule has 0 radical (unpaired) electrons. The molecule has 0 aromatic heterocycles. The summed E-state index contributed by atoms with van der Waals surface area (Å²) in [4.78, 5) is 13.6. The minimum Gasteiger partial charge on any atom is -0.465 e. The van der Waals surface area contributed by atoms with Crippen molar-refractivity contribution in [2.45, 2.75) is 12.8 Å². The fraction of sp³-hybridized carbons (Fsp3) is 0.909. The van der Waals surface area contributed by atoms with Crippen LogP contribution in [0.3, 0.4) is 0 Å². The van der Waals surface area contributed by atoms with Gasteiger partial charge in [-0.15, -0.1) is 0 Å². The van der Waals surface area contributed by atoms with Crippen molar-refractivity contribution in [2.24, 2.45) is 0 Å². The van der Waals surface area contributed by atoms with Crippen molar-refractivity contribution in [1.29, 1.82) is 0 Å². The second kappa shape index (κ2) is 8.50. The standard InChI is InChI=1S/C11H22N2O3/c1-15-8-3-9-16-11(14)10-13-6-2-4-12-5-7-13/h12H,2-10H2,1H3. The van der Waals surface area contributed by atoms with Crippen molar-refractivity contribution in [3.8, 4) is 0 Å². The molecule has 1 aliphatic heterocycles. The number of esters is 1. The molecule has 94 valence electrons. The van der Waals surface area contributed by atoms with Crippen molar-refractivity contribution >= 4 is 5.97 Å². The highest BCUT2D eigenvalue weighted by atomic mass is 16.5. The van der Waals surface area contributed by atoms with Crippen LogP contribution in [0.5, 0.6) is 0 Å². The molecule has 0 atom stereocenters. The van der Waals surface area contributed by atoms with E-state index >= 15 is 0 Å². The molecule has 0 aliphatic carbocycles. The Hall–Kier alpha value is -0.650. The van der Waals surface area contributed by atoms with E-state index in [1.165, 1.54) is 0 Å². The summed E-state index contributed by atoms with van der Waals surface area (Å²) < 4.78 is 9.99. The minimum atomic E-state index is -0.127. The Bertz CT molecular complexity index is 192. The van der Waals surface area contributed by atoms with Crippen LogP contribution < -0.4 is 5.32 Å². The van der Waals surface area contributed by atoms with Crippen molar-refractivity contribution < 1.29 is 14.3 Å². The number of nitrogens with one attached hydrogen (secondary N) is 1. The molecule has 1 fully saturated rings. The maximum absolute atomic E-state index is 11.5. The largest absolute Gasteiger partial charge is 0.465 e. The molecule has 1 heterocycles. The van der Waals surface area contributed by atoms with Gasteiger partial charge in [-0.1, -0.05) is 0 Å². The van der Waals surface area contributed by atoms with Crippen molar-refractivity contribution in [1.82, 2.24) is 10.2 Å². The predicted octanol–water partition coefficient (Wildman–Crippen LogP) is -0.139. The van der Waals surface area contributed by atoms with E-state index in [9.17, 15) is 4.79 Å². The van der Waals surface area contributed by atoms with E-state index in [4.69, 9.17) is 9.47 Å². The van der Waals surface area contributed by atoms with Crippen LogP contribution in [0.15, 0.2) is 0 Å². The Kier molecular flexibility index (Phi) is 7.12. The second-order valence-corrected chi connectivity index (χ2v) is 3.95. The molecule has 5 heteroatoms. The van der Waals surface area contributed by atoms with E-state index in [0.29, 0.717) is 19.8 Å². The Balaban J connectivity index is 2.07. The molecule has 0 aromatic carbocycles. The zero-order chi connectivity index (χ0) is 11.6.